The van der Waals surface area contributed by atoms with Gasteiger partial charge in [-0.3, -0.25) is 14.7 Å². The SMILES string of the molecule is NC(=O)c1cc2c(NC3CCN(Cc4ccccc4O)CC3)cncc2s1. The number of nitrogens with two attached hydrogens (primary N) is 1. The largest absolute Gasteiger partial charge is 0.508 e. The second-order valence-electron chi connectivity index (χ2n) is 6.90. The van der Waals surface area contributed by atoms with Gasteiger partial charge in [-0.2, -0.15) is 0 Å². The molecule has 0 bridgehead atoms. The van der Waals surface area contributed by atoms with Crippen LogP contribution in [0.1, 0.15) is 28.1 Å². The van der Waals surface area contributed by atoms with Crippen LogP contribution in [0.4, 0.5) is 5.69 Å². The van der Waals surface area contributed by atoms with Crippen molar-refractivity contribution in [2.45, 2.75) is 25.4 Å². The lowest BCUT2D eigenvalue weighted by Gasteiger charge is -2.33. The van der Waals surface area contributed by atoms with Crippen LogP contribution in [0.2, 0.25) is 0 Å². The number of thiophene rings is 1. The molecule has 27 heavy (non-hydrogen) atoms. The lowest BCUT2D eigenvalue weighted by molar-refractivity contribution is 0.100. The highest BCUT2D eigenvalue weighted by molar-refractivity contribution is 7.20. The molecule has 140 valence electrons. The molecule has 1 aromatic carbocycles. The van der Waals surface area contributed by atoms with Crippen LogP contribution < -0.4 is 11.1 Å². The fourth-order valence-electron chi connectivity index (χ4n) is 3.54. The van der Waals surface area contributed by atoms with Crippen LogP contribution >= 0.6 is 11.3 Å². The molecule has 1 saturated heterocycles. The zero-order chi connectivity index (χ0) is 18.8. The normalized spacial score (nSPS) is 15.9. The number of nitrogens with one attached hydrogen (secondary N) is 1. The Kier molecular flexibility index (Phi) is 4.96. The van der Waals surface area contributed by atoms with Crippen molar-refractivity contribution in [3.63, 3.8) is 0 Å². The molecule has 4 N–H and O–H groups in total. The smallest absolute Gasteiger partial charge is 0.258 e. The summed E-state index contributed by atoms with van der Waals surface area (Å²) in [6.45, 7) is 2.69. The van der Waals surface area contributed by atoms with Gasteiger partial charge in [-0.05, 0) is 25.0 Å². The van der Waals surface area contributed by atoms with Crippen LogP contribution in [0.25, 0.3) is 10.1 Å². The number of para-hydroxylation sites is 1. The molecule has 6 nitrogen and oxygen atoms in total. The number of likely N-dealkylation sites (tertiary alicyclic amines) is 1. The number of pyridine rings is 1. The van der Waals surface area contributed by atoms with Crippen molar-refractivity contribution in [3.05, 3.63) is 53.2 Å². The molecule has 0 aliphatic carbocycles. The molecule has 3 aromatic rings. The predicted molar refractivity (Wildman–Crippen MR) is 108 cm³/mol. The maximum Gasteiger partial charge on any atom is 0.258 e. The van der Waals surface area contributed by atoms with Crippen LogP contribution in [-0.2, 0) is 6.54 Å². The van der Waals surface area contributed by atoms with Crippen molar-refractivity contribution >= 4 is 33.0 Å². The molecule has 0 unspecified atom stereocenters. The van der Waals surface area contributed by atoms with E-state index < -0.39 is 5.91 Å². The summed E-state index contributed by atoms with van der Waals surface area (Å²) in [5.41, 5.74) is 7.33. The standard InChI is InChI=1S/C20H22N4O2S/c21-20(26)18-9-15-16(10-22-11-19(15)27-18)23-14-5-7-24(8-6-14)12-13-3-1-2-4-17(13)25/h1-4,9-11,14,23,25H,5-8,12H2,(H2,21,26). The van der Waals surface area contributed by atoms with Crippen molar-refractivity contribution in [1.82, 2.24) is 9.88 Å². The fraction of sp³-hybridized carbons (Fsp3) is 0.300. The number of phenolic OH excluding ortho intramolecular Hbond substituents is 1. The molecule has 0 radical (unpaired) electrons. The van der Waals surface area contributed by atoms with Gasteiger partial charge in [0.2, 0.25) is 0 Å². The monoisotopic (exact) mass is 382 g/mol. The van der Waals surface area contributed by atoms with E-state index >= 15 is 0 Å². The number of aromatic nitrogens is 1. The van der Waals surface area contributed by atoms with Crippen LogP contribution in [0, 0.1) is 0 Å². The first-order chi connectivity index (χ1) is 13.1. The molecule has 0 spiro atoms. The number of anilines is 1. The second kappa shape index (κ2) is 7.54. The molecule has 1 amide bonds. The highest BCUT2D eigenvalue weighted by atomic mass is 32.1. The average Bonchev–Trinajstić information content (AvgIpc) is 3.11. The van der Waals surface area contributed by atoms with E-state index in [1.807, 2.05) is 30.5 Å². The first-order valence-corrected chi connectivity index (χ1v) is 9.85. The molecule has 0 saturated carbocycles. The molecule has 7 heteroatoms. The van der Waals surface area contributed by atoms with E-state index in [1.165, 1.54) is 11.3 Å². The van der Waals surface area contributed by atoms with Crippen molar-refractivity contribution < 1.29 is 9.90 Å². The molecular formula is C20H22N4O2S. The topological polar surface area (TPSA) is 91.5 Å². The van der Waals surface area contributed by atoms with Crippen LogP contribution in [0.5, 0.6) is 5.75 Å². The van der Waals surface area contributed by atoms with Gasteiger partial charge in [-0.15, -0.1) is 11.3 Å². The van der Waals surface area contributed by atoms with Gasteiger partial charge in [0.1, 0.15) is 5.75 Å². The predicted octanol–water partition coefficient (Wildman–Crippen LogP) is 3.18. The molecule has 3 heterocycles. The zero-order valence-corrected chi connectivity index (χ0v) is 15.7. The third kappa shape index (κ3) is 3.89. The highest BCUT2D eigenvalue weighted by Crippen LogP contribution is 2.31. The summed E-state index contributed by atoms with van der Waals surface area (Å²) in [7, 11) is 0. The van der Waals surface area contributed by atoms with E-state index in [-0.39, 0.29) is 0 Å². The third-order valence-corrected chi connectivity index (χ3v) is 6.11. The van der Waals surface area contributed by atoms with Gasteiger partial charge < -0.3 is 16.2 Å². The van der Waals surface area contributed by atoms with Gasteiger partial charge >= 0.3 is 0 Å². The highest BCUT2D eigenvalue weighted by Gasteiger charge is 2.21. The van der Waals surface area contributed by atoms with Crippen molar-refractivity contribution in [1.29, 1.82) is 0 Å². The van der Waals surface area contributed by atoms with Gasteiger partial charge in [0.25, 0.3) is 5.91 Å². The van der Waals surface area contributed by atoms with Crippen molar-refractivity contribution in [2.75, 3.05) is 18.4 Å². The fourth-order valence-corrected chi connectivity index (χ4v) is 4.44. The van der Waals surface area contributed by atoms with E-state index in [1.54, 1.807) is 12.3 Å². The Morgan fingerprint density at radius 3 is 2.81 bits per heavy atom. The first kappa shape index (κ1) is 17.8. The number of carbonyl (C=O) groups excluding carboxylic acids is 1. The van der Waals surface area contributed by atoms with Gasteiger partial charge in [0.15, 0.2) is 0 Å². The lowest BCUT2D eigenvalue weighted by Crippen LogP contribution is -2.38. The number of carbonyl (C=O) groups is 1. The minimum Gasteiger partial charge on any atom is -0.508 e. The van der Waals surface area contributed by atoms with Gasteiger partial charge in [0, 0.05) is 42.8 Å². The second-order valence-corrected chi connectivity index (χ2v) is 7.98. The van der Waals surface area contributed by atoms with Crippen LogP contribution in [-0.4, -0.2) is 40.0 Å². The molecule has 1 aliphatic rings. The number of rotatable bonds is 5. The summed E-state index contributed by atoms with van der Waals surface area (Å²) in [5.74, 6) is -0.0437. The molecule has 4 rings (SSSR count). The Hall–Kier alpha value is -2.64. The van der Waals surface area contributed by atoms with Crippen LogP contribution in [0.15, 0.2) is 42.7 Å². The summed E-state index contributed by atoms with van der Waals surface area (Å²) >= 11 is 1.38. The van der Waals surface area contributed by atoms with E-state index in [0.29, 0.717) is 16.7 Å². The lowest BCUT2D eigenvalue weighted by atomic mass is 10.0. The number of hydrogen-bond acceptors (Lipinski definition) is 6. The number of aromatic hydroxyl groups is 1. The van der Waals surface area contributed by atoms with Gasteiger partial charge in [-0.25, -0.2) is 0 Å². The van der Waals surface area contributed by atoms with Crippen LogP contribution in [0.3, 0.4) is 0 Å². The first-order valence-electron chi connectivity index (χ1n) is 9.03. The minimum atomic E-state index is -0.403. The van der Waals surface area contributed by atoms with Gasteiger partial charge in [-0.1, -0.05) is 18.2 Å². The Morgan fingerprint density at radius 2 is 2.07 bits per heavy atom. The molecule has 2 aromatic heterocycles. The summed E-state index contributed by atoms with van der Waals surface area (Å²) in [4.78, 5) is 18.7. The Bertz CT molecular complexity index is 964. The number of nitrogens with zero attached hydrogens (tertiary/aromatic N) is 2. The Balaban J connectivity index is 1.40. The average molecular weight is 382 g/mol. The third-order valence-electron chi connectivity index (χ3n) is 5.02. The molecular weight excluding hydrogens is 360 g/mol. The summed E-state index contributed by atoms with van der Waals surface area (Å²) in [6, 6.07) is 9.71. The summed E-state index contributed by atoms with van der Waals surface area (Å²) < 4.78 is 0.964. The van der Waals surface area contributed by atoms with Crippen molar-refractivity contribution in [2.24, 2.45) is 5.73 Å². The molecule has 1 fully saturated rings. The van der Waals surface area contributed by atoms with E-state index in [2.05, 4.69) is 15.2 Å². The maximum atomic E-state index is 11.5. The Labute approximate surface area is 161 Å². The van der Waals surface area contributed by atoms with Gasteiger partial charge in [0.05, 0.1) is 21.5 Å². The number of piperidine rings is 1. The number of benzene rings is 1. The minimum absolute atomic E-state index is 0.356. The molecule has 1 aliphatic heterocycles. The number of primary amides is 1. The number of hydrogen-bond donors (Lipinski definition) is 3. The number of fused-ring (bicyclic) bond motifs is 1. The number of amides is 1. The zero-order valence-electron chi connectivity index (χ0n) is 14.9. The summed E-state index contributed by atoms with van der Waals surface area (Å²) in [5, 5.41) is 14.5. The van der Waals surface area contributed by atoms with E-state index in [9.17, 15) is 9.90 Å². The quantitative estimate of drug-likeness (QED) is 0.630. The molecule has 0 atom stereocenters. The van der Waals surface area contributed by atoms with E-state index in [4.69, 9.17) is 5.73 Å². The maximum absolute atomic E-state index is 11.5. The summed E-state index contributed by atoms with van der Waals surface area (Å²) in [6.07, 6.45) is 5.61. The Morgan fingerprint density at radius 1 is 1.30 bits per heavy atom. The van der Waals surface area contributed by atoms with Crippen molar-refractivity contribution in [3.8, 4) is 5.75 Å². The number of phenols is 1. The van der Waals surface area contributed by atoms with E-state index in [0.717, 1.165) is 53.8 Å².